The number of rotatable bonds is 8. The molecule has 0 unspecified atom stereocenters. The first kappa shape index (κ1) is 19.9. The molecule has 0 fully saturated rings. The quantitative estimate of drug-likeness (QED) is 0.742. The van der Waals surface area contributed by atoms with E-state index in [1.54, 1.807) is 12.1 Å². The number of sulfonamides is 1. The van der Waals surface area contributed by atoms with Gasteiger partial charge in [0.15, 0.2) is 0 Å². The summed E-state index contributed by atoms with van der Waals surface area (Å²) in [4.78, 5) is 12.2. The second-order valence-electron chi connectivity index (χ2n) is 5.85. The van der Waals surface area contributed by atoms with Crippen molar-refractivity contribution in [2.45, 2.75) is 32.1 Å². The number of carbonyl (C=O) groups excluding carboxylic acids is 1. The molecule has 2 rings (SSSR count). The fourth-order valence-corrected chi connectivity index (χ4v) is 3.40. The first-order valence-electron chi connectivity index (χ1n) is 8.42. The Balaban J connectivity index is 1.89. The van der Waals surface area contributed by atoms with E-state index in [-0.39, 0.29) is 23.8 Å². The number of carbonyl (C=O) groups is 1. The van der Waals surface area contributed by atoms with Gasteiger partial charge in [-0.05, 0) is 62.2 Å². The first-order chi connectivity index (χ1) is 12.3. The molecule has 0 aromatic heterocycles. The molecule has 0 bridgehead atoms. The largest absolute Gasteiger partial charge is 0.494 e. The molecular formula is C19H24N2O4S. The van der Waals surface area contributed by atoms with Gasteiger partial charge in [-0.2, -0.15) is 0 Å². The van der Waals surface area contributed by atoms with Crippen LogP contribution in [0.4, 0.5) is 5.69 Å². The second kappa shape index (κ2) is 8.82. The highest BCUT2D eigenvalue weighted by Crippen LogP contribution is 2.18. The van der Waals surface area contributed by atoms with E-state index in [0.29, 0.717) is 12.4 Å². The molecule has 0 heterocycles. The minimum absolute atomic E-state index is 0.0201. The fraction of sp³-hybridized carbons (Fsp3) is 0.316. The van der Waals surface area contributed by atoms with Crippen LogP contribution in [0.25, 0.3) is 0 Å². The molecular weight excluding hydrogens is 352 g/mol. The van der Waals surface area contributed by atoms with Crippen molar-refractivity contribution in [3.63, 3.8) is 0 Å². The number of benzene rings is 2. The van der Waals surface area contributed by atoms with Gasteiger partial charge in [0.2, 0.25) is 15.9 Å². The summed E-state index contributed by atoms with van der Waals surface area (Å²) in [6.07, 6.45) is 0.0453. The molecule has 26 heavy (non-hydrogen) atoms. The van der Waals surface area contributed by atoms with Crippen LogP contribution in [0.1, 0.15) is 24.5 Å². The van der Waals surface area contributed by atoms with Gasteiger partial charge in [-0.1, -0.05) is 12.1 Å². The molecule has 0 aliphatic rings. The lowest BCUT2D eigenvalue weighted by atomic mass is 10.1. The molecule has 0 atom stereocenters. The molecule has 6 nitrogen and oxygen atoms in total. The Morgan fingerprint density at radius 3 is 2.42 bits per heavy atom. The third-order valence-corrected chi connectivity index (χ3v) is 5.44. The standard InChI is InChI=1S/C19H24N2O4S/c1-4-25-16-8-10-17(11-9-16)26(23,24)20-13-12-19(22)21-18-7-5-6-14(2)15(18)3/h5-11,20H,4,12-13H2,1-3H3,(H,21,22). The van der Waals surface area contributed by atoms with Gasteiger partial charge in [0.25, 0.3) is 0 Å². The van der Waals surface area contributed by atoms with Crippen LogP contribution in [-0.2, 0) is 14.8 Å². The molecule has 140 valence electrons. The van der Waals surface area contributed by atoms with Crippen LogP contribution in [0.3, 0.4) is 0 Å². The Morgan fingerprint density at radius 2 is 1.77 bits per heavy atom. The number of aryl methyl sites for hydroxylation is 1. The average Bonchev–Trinajstić information content (AvgIpc) is 2.59. The fourth-order valence-electron chi connectivity index (χ4n) is 2.36. The number of anilines is 1. The van der Waals surface area contributed by atoms with E-state index in [1.807, 2.05) is 39.0 Å². The van der Waals surface area contributed by atoms with Gasteiger partial charge in [0, 0.05) is 18.7 Å². The summed E-state index contributed by atoms with van der Waals surface area (Å²) in [5, 5.41) is 2.81. The topological polar surface area (TPSA) is 84.5 Å². The van der Waals surface area contributed by atoms with Gasteiger partial charge < -0.3 is 10.1 Å². The first-order valence-corrected chi connectivity index (χ1v) is 9.90. The van der Waals surface area contributed by atoms with Crippen molar-refractivity contribution in [3.8, 4) is 5.75 Å². The minimum atomic E-state index is -3.66. The third kappa shape index (κ3) is 5.31. The van der Waals surface area contributed by atoms with Crippen molar-refractivity contribution in [3.05, 3.63) is 53.6 Å². The SMILES string of the molecule is CCOc1ccc(S(=O)(=O)NCCC(=O)Nc2cccc(C)c2C)cc1. The minimum Gasteiger partial charge on any atom is -0.494 e. The maximum atomic E-state index is 12.3. The number of hydrogen-bond donors (Lipinski definition) is 2. The van der Waals surface area contributed by atoms with E-state index in [9.17, 15) is 13.2 Å². The predicted molar refractivity (Wildman–Crippen MR) is 102 cm³/mol. The van der Waals surface area contributed by atoms with E-state index in [0.717, 1.165) is 16.8 Å². The number of nitrogens with one attached hydrogen (secondary N) is 2. The van der Waals surface area contributed by atoms with Crippen LogP contribution in [0.15, 0.2) is 47.4 Å². The summed E-state index contributed by atoms with van der Waals surface area (Å²) in [5.41, 5.74) is 2.82. The number of ether oxygens (including phenoxy) is 1. The summed E-state index contributed by atoms with van der Waals surface area (Å²) in [5.74, 6) is 0.368. The lowest BCUT2D eigenvalue weighted by Crippen LogP contribution is -2.28. The van der Waals surface area contributed by atoms with Crippen molar-refractivity contribution in [2.24, 2.45) is 0 Å². The Labute approximate surface area is 154 Å². The summed E-state index contributed by atoms with van der Waals surface area (Å²) in [6.45, 7) is 6.29. The predicted octanol–water partition coefficient (Wildman–Crippen LogP) is 3.01. The van der Waals surface area contributed by atoms with Crippen molar-refractivity contribution < 1.29 is 17.9 Å². The lowest BCUT2D eigenvalue weighted by Gasteiger charge is -2.11. The van der Waals surface area contributed by atoms with Crippen molar-refractivity contribution in [1.29, 1.82) is 0 Å². The normalized spacial score (nSPS) is 11.2. The highest BCUT2D eigenvalue weighted by molar-refractivity contribution is 7.89. The van der Waals surface area contributed by atoms with Crippen molar-refractivity contribution >= 4 is 21.6 Å². The molecule has 1 amide bonds. The van der Waals surface area contributed by atoms with Crippen LogP contribution in [0.5, 0.6) is 5.75 Å². The molecule has 2 N–H and O–H groups in total. The second-order valence-corrected chi connectivity index (χ2v) is 7.61. The molecule has 0 aliphatic carbocycles. The highest BCUT2D eigenvalue weighted by Gasteiger charge is 2.14. The molecule has 0 saturated heterocycles. The van der Waals surface area contributed by atoms with Gasteiger partial charge in [0.1, 0.15) is 5.75 Å². The summed E-state index contributed by atoms with van der Waals surface area (Å²) < 4.78 is 32.2. The Morgan fingerprint density at radius 1 is 1.08 bits per heavy atom. The third-order valence-electron chi connectivity index (χ3n) is 3.97. The van der Waals surface area contributed by atoms with Crippen LogP contribution >= 0.6 is 0 Å². The summed E-state index contributed by atoms with van der Waals surface area (Å²) >= 11 is 0. The van der Waals surface area contributed by atoms with Gasteiger partial charge in [-0.15, -0.1) is 0 Å². The van der Waals surface area contributed by atoms with Crippen LogP contribution in [0, 0.1) is 13.8 Å². The maximum absolute atomic E-state index is 12.3. The molecule has 0 saturated carbocycles. The molecule has 2 aromatic rings. The van der Waals surface area contributed by atoms with Crippen LogP contribution in [0.2, 0.25) is 0 Å². The van der Waals surface area contributed by atoms with E-state index in [4.69, 9.17) is 4.74 Å². The molecule has 0 aliphatic heterocycles. The van der Waals surface area contributed by atoms with E-state index >= 15 is 0 Å². The smallest absolute Gasteiger partial charge is 0.240 e. The van der Waals surface area contributed by atoms with E-state index < -0.39 is 10.0 Å². The molecule has 0 spiro atoms. The van der Waals surface area contributed by atoms with Gasteiger partial charge >= 0.3 is 0 Å². The zero-order valence-electron chi connectivity index (χ0n) is 15.2. The summed E-state index contributed by atoms with van der Waals surface area (Å²) in [7, 11) is -3.66. The van der Waals surface area contributed by atoms with Crippen LogP contribution < -0.4 is 14.8 Å². The monoisotopic (exact) mass is 376 g/mol. The molecule has 0 radical (unpaired) electrons. The Hall–Kier alpha value is -2.38. The van der Waals surface area contributed by atoms with Crippen molar-refractivity contribution in [2.75, 3.05) is 18.5 Å². The van der Waals surface area contributed by atoms with Gasteiger partial charge in [0.05, 0.1) is 11.5 Å². The number of hydrogen-bond acceptors (Lipinski definition) is 4. The zero-order chi connectivity index (χ0) is 19.2. The lowest BCUT2D eigenvalue weighted by molar-refractivity contribution is -0.116. The Bertz CT molecular complexity index is 862. The average molecular weight is 376 g/mol. The van der Waals surface area contributed by atoms with Gasteiger partial charge in [-0.3, -0.25) is 4.79 Å². The zero-order valence-corrected chi connectivity index (χ0v) is 16.0. The van der Waals surface area contributed by atoms with Gasteiger partial charge in [-0.25, -0.2) is 13.1 Å². The maximum Gasteiger partial charge on any atom is 0.240 e. The molecule has 2 aromatic carbocycles. The Kier molecular flexibility index (Phi) is 6.76. The summed E-state index contributed by atoms with van der Waals surface area (Å²) in [6, 6.07) is 11.8. The highest BCUT2D eigenvalue weighted by atomic mass is 32.2. The van der Waals surface area contributed by atoms with Crippen LogP contribution in [-0.4, -0.2) is 27.5 Å². The molecule has 7 heteroatoms. The van der Waals surface area contributed by atoms with E-state index in [2.05, 4.69) is 10.0 Å². The van der Waals surface area contributed by atoms with E-state index in [1.165, 1.54) is 12.1 Å². The van der Waals surface area contributed by atoms with Crippen molar-refractivity contribution in [1.82, 2.24) is 4.72 Å². The number of amides is 1.